The van der Waals surface area contributed by atoms with Crippen LogP contribution in [0.1, 0.15) is 31.2 Å². The van der Waals surface area contributed by atoms with Gasteiger partial charge >= 0.3 is 0 Å². The van der Waals surface area contributed by atoms with Crippen LogP contribution in [0.3, 0.4) is 0 Å². The predicted octanol–water partition coefficient (Wildman–Crippen LogP) is 2.22. The van der Waals surface area contributed by atoms with Crippen molar-refractivity contribution in [3.8, 4) is 0 Å². The molecule has 104 valence electrons. The molecule has 0 bridgehead atoms. The normalized spacial score (nSPS) is 19.1. The predicted molar refractivity (Wildman–Crippen MR) is 78.0 cm³/mol. The number of benzene rings is 1. The lowest BCUT2D eigenvalue weighted by Gasteiger charge is -2.27. The number of aryl methyl sites for hydroxylation is 1. The van der Waals surface area contributed by atoms with Gasteiger partial charge < -0.3 is 10.2 Å². The smallest absolute Gasteiger partial charge is 0.239 e. The highest BCUT2D eigenvalue weighted by Crippen LogP contribution is 2.10. The fraction of sp³-hybridized carbons (Fsp3) is 0.562. The summed E-state index contributed by atoms with van der Waals surface area (Å²) in [7, 11) is 1.92. The van der Waals surface area contributed by atoms with Crippen LogP contribution in [0.25, 0.3) is 0 Å². The van der Waals surface area contributed by atoms with E-state index in [1.807, 2.05) is 18.0 Å². The molecule has 1 heterocycles. The number of likely N-dealkylation sites (N-methyl/N-ethyl adjacent to an activating group) is 1. The Bertz CT molecular complexity index is 385. The molecule has 1 amide bonds. The van der Waals surface area contributed by atoms with Crippen molar-refractivity contribution in [2.24, 2.45) is 0 Å². The number of hydrogen-bond donors (Lipinski definition) is 1. The van der Waals surface area contributed by atoms with E-state index in [1.54, 1.807) is 0 Å². The highest BCUT2D eigenvalue weighted by molar-refractivity contribution is 5.81. The molecule has 1 fully saturated rings. The number of carbonyl (C=O) groups is 1. The highest BCUT2D eigenvalue weighted by atomic mass is 16.2. The Morgan fingerprint density at radius 3 is 2.79 bits per heavy atom. The first-order chi connectivity index (χ1) is 9.27. The Kier molecular flexibility index (Phi) is 5.40. The third-order valence-corrected chi connectivity index (χ3v) is 3.79. The van der Waals surface area contributed by atoms with Crippen molar-refractivity contribution >= 4 is 5.91 Å². The molecule has 0 radical (unpaired) electrons. The van der Waals surface area contributed by atoms with Crippen LogP contribution in [0.4, 0.5) is 0 Å². The van der Waals surface area contributed by atoms with Crippen LogP contribution in [-0.2, 0) is 11.2 Å². The van der Waals surface area contributed by atoms with Crippen LogP contribution in [0.5, 0.6) is 0 Å². The number of nitrogens with zero attached hydrogens (tertiary/aromatic N) is 1. The maximum atomic E-state index is 12.2. The van der Waals surface area contributed by atoms with E-state index in [2.05, 4.69) is 29.6 Å². The van der Waals surface area contributed by atoms with Crippen molar-refractivity contribution < 1.29 is 4.79 Å². The van der Waals surface area contributed by atoms with Crippen molar-refractivity contribution in [1.82, 2.24) is 10.2 Å². The molecule has 1 saturated heterocycles. The molecule has 1 aromatic carbocycles. The summed E-state index contributed by atoms with van der Waals surface area (Å²) in [5.74, 6) is 0.257. The lowest BCUT2D eigenvalue weighted by atomic mass is 10.0. The topological polar surface area (TPSA) is 32.3 Å². The van der Waals surface area contributed by atoms with Gasteiger partial charge in [-0.25, -0.2) is 0 Å². The highest BCUT2D eigenvalue weighted by Gasteiger charge is 2.22. The second-order valence-electron chi connectivity index (χ2n) is 5.35. The Labute approximate surface area is 116 Å². The Morgan fingerprint density at radius 1 is 1.32 bits per heavy atom. The Balaban J connectivity index is 1.71. The summed E-state index contributed by atoms with van der Waals surface area (Å²) in [5.41, 5.74) is 1.35. The molecule has 0 aliphatic carbocycles. The van der Waals surface area contributed by atoms with Crippen molar-refractivity contribution in [2.45, 2.75) is 38.1 Å². The minimum absolute atomic E-state index is 0.0514. The van der Waals surface area contributed by atoms with Gasteiger partial charge in [0.15, 0.2) is 0 Å². The molecule has 0 aromatic heterocycles. The molecule has 19 heavy (non-hydrogen) atoms. The van der Waals surface area contributed by atoms with E-state index in [0.29, 0.717) is 0 Å². The van der Waals surface area contributed by atoms with Crippen molar-refractivity contribution in [3.05, 3.63) is 35.9 Å². The van der Waals surface area contributed by atoms with Crippen molar-refractivity contribution in [1.29, 1.82) is 0 Å². The van der Waals surface area contributed by atoms with Gasteiger partial charge in [-0.2, -0.15) is 0 Å². The lowest BCUT2D eigenvalue weighted by Crippen LogP contribution is -2.47. The minimum atomic E-state index is 0.0514. The van der Waals surface area contributed by atoms with E-state index in [9.17, 15) is 4.79 Å². The van der Waals surface area contributed by atoms with E-state index in [-0.39, 0.29) is 11.9 Å². The molecule has 1 N–H and O–H groups in total. The van der Waals surface area contributed by atoms with Gasteiger partial charge in [-0.05, 0) is 37.8 Å². The maximum absolute atomic E-state index is 12.2. The first kappa shape index (κ1) is 14.1. The van der Waals surface area contributed by atoms with Crippen LogP contribution in [0, 0.1) is 0 Å². The van der Waals surface area contributed by atoms with E-state index in [4.69, 9.17) is 0 Å². The zero-order chi connectivity index (χ0) is 13.5. The minimum Gasteiger partial charge on any atom is -0.344 e. The standard InChI is InChI=1S/C16H24N2O/c1-18(16(19)15-11-5-6-12-17-15)13-7-10-14-8-3-2-4-9-14/h2-4,8-9,15,17H,5-7,10-13H2,1H3/t15-/m0/s1. The second-order valence-corrected chi connectivity index (χ2v) is 5.35. The molecule has 0 saturated carbocycles. The molecule has 1 aliphatic rings. The lowest BCUT2D eigenvalue weighted by molar-refractivity contribution is -0.132. The zero-order valence-corrected chi connectivity index (χ0v) is 11.8. The number of amides is 1. The largest absolute Gasteiger partial charge is 0.344 e. The molecule has 1 aromatic rings. The summed E-state index contributed by atoms with van der Waals surface area (Å²) in [6.45, 7) is 1.82. The summed E-state index contributed by atoms with van der Waals surface area (Å²) < 4.78 is 0. The number of nitrogens with one attached hydrogen (secondary N) is 1. The first-order valence-electron chi connectivity index (χ1n) is 7.29. The van der Waals surface area contributed by atoms with Gasteiger partial charge in [-0.3, -0.25) is 4.79 Å². The Morgan fingerprint density at radius 2 is 2.11 bits per heavy atom. The average Bonchev–Trinajstić information content (AvgIpc) is 2.48. The van der Waals surface area contributed by atoms with Gasteiger partial charge in [-0.15, -0.1) is 0 Å². The van der Waals surface area contributed by atoms with E-state index >= 15 is 0 Å². The van der Waals surface area contributed by atoms with Crippen LogP contribution in [0.15, 0.2) is 30.3 Å². The molecule has 0 unspecified atom stereocenters. The number of hydrogen-bond acceptors (Lipinski definition) is 2. The molecule has 1 aliphatic heterocycles. The Hall–Kier alpha value is -1.35. The fourth-order valence-corrected chi connectivity index (χ4v) is 2.60. The third-order valence-electron chi connectivity index (χ3n) is 3.79. The first-order valence-corrected chi connectivity index (χ1v) is 7.29. The van der Waals surface area contributed by atoms with Crippen LogP contribution < -0.4 is 5.32 Å². The molecular weight excluding hydrogens is 236 g/mol. The van der Waals surface area contributed by atoms with Gasteiger partial charge in [0.1, 0.15) is 0 Å². The average molecular weight is 260 g/mol. The van der Waals surface area contributed by atoms with Crippen molar-refractivity contribution in [2.75, 3.05) is 20.1 Å². The summed E-state index contributed by atoms with van der Waals surface area (Å²) >= 11 is 0. The van der Waals surface area contributed by atoms with Crippen LogP contribution in [0.2, 0.25) is 0 Å². The van der Waals surface area contributed by atoms with Gasteiger partial charge in [0, 0.05) is 13.6 Å². The molecule has 2 rings (SSSR count). The van der Waals surface area contributed by atoms with Gasteiger partial charge in [0.05, 0.1) is 6.04 Å². The molecule has 0 spiro atoms. The monoisotopic (exact) mass is 260 g/mol. The second kappa shape index (κ2) is 7.29. The molecule has 1 atom stereocenters. The summed E-state index contributed by atoms with van der Waals surface area (Å²) in [6, 6.07) is 10.5. The summed E-state index contributed by atoms with van der Waals surface area (Å²) in [6.07, 6.45) is 5.42. The van der Waals surface area contributed by atoms with Crippen molar-refractivity contribution in [3.63, 3.8) is 0 Å². The van der Waals surface area contributed by atoms with Gasteiger partial charge in [0.25, 0.3) is 0 Å². The molecule has 3 nitrogen and oxygen atoms in total. The quantitative estimate of drug-likeness (QED) is 0.880. The van der Waals surface area contributed by atoms with E-state index in [1.165, 1.54) is 18.4 Å². The van der Waals surface area contributed by atoms with E-state index in [0.717, 1.165) is 32.4 Å². The molecular formula is C16H24N2O. The summed E-state index contributed by atoms with van der Waals surface area (Å²) in [5, 5.41) is 3.32. The number of piperidine rings is 1. The van der Waals surface area contributed by atoms with Gasteiger partial charge in [0.2, 0.25) is 5.91 Å². The SMILES string of the molecule is CN(CCCc1ccccc1)C(=O)[C@@H]1CCCCN1. The van der Waals surface area contributed by atoms with Crippen LogP contribution >= 0.6 is 0 Å². The number of rotatable bonds is 5. The number of carbonyl (C=O) groups excluding carboxylic acids is 1. The fourth-order valence-electron chi connectivity index (χ4n) is 2.60. The summed E-state index contributed by atoms with van der Waals surface area (Å²) in [4.78, 5) is 14.1. The maximum Gasteiger partial charge on any atom is 0.239 e. The zero-order valence-electron chi connectivity index (χ0n) is 11.8. The molecule has 3 heteroatoms. The van der Waals surface area contributed by atoms with Gasteiger partial charge in [-0.1, -0.05) is 36.8 Å². The van der Waals surface area contributed by atoms with Crippen LogP contribution in [-0.4, -0.2) is 37.0 Å². The third kappa shape index (κ3) is 4.35. The van der Waals surface area contributed by atoms with E-state index < -0.39 is 0 Å².